The maximum Gasteiger partial charge on any atom is 0.231 e. The molecule has 1 N–H and O–H groups in total. The summed E-state index contributed by atoms with van der Waals surface area (Å²) < 4.78 is 12.1. The minimum atomic E-state index is -0.239. The molecular weight excluding hydrogens is 620 g/mol. The topological polar surface area (TPSA) is 66.3 Å². The van der Waals surface area contributed by atoms with Crippen LogP contribution < -0.4 is 4.74 Å². The van der Waals surface area contributed by atoms with Crippen LogP contribution in [0.3, 0.4) is 0 Å². The predicted octanol–water partition coefficient (Wildman–Crippen LogP) is 9.23. The van der Waals surface area contributed by atoms with Gasteiger partial charge in [0.25, 0.3) is 0 Å². The van der Waals surface area contributed by atoms with E-state index in [1.54, 1.807) is 7.11 Å². The number of hydrogen-bond acceptors (Lipinski definition) is 6. The lowest BCUT2D eigenvalue weighted by atomic mass is 9.91. The number of aromatic nitrogens is 1. The number of likely N-dealkylation sites (tertiary alicyclic amines) is 2. The smallest absolute Gasteiger partial charge is 0.231 e. The summed E-state index contributed by atoms with van der Waals surface area (Å²) in [5.41, 5.74) is 13.0. The van der Waals surface area contributed by atoms with E-state index in [-0.39, 0.29) is 6.10 Å². The molecule has 3 heterocycles. The molecule has 7 rings (SSSR count). The molecule has 7 heteroatoms. The first kappa shape index (κ1) is 33.7. The number of fused-ring (bicyclic) bond motifs is 1. The lowest BCUT2D eigenvalue weighted by Crippen LogP contribution is -2.21. The minimum absolute atomic E-state index is 0.239. The second-order valence-corrected chi connectivity index (χ2v) is 14.3. The highest BCUT2D eigenvalue weighted by Crippen LogP contribution is 2.38. The van der Waals surface area contributed by atoms with E-state index >= 15 is 0 Å². The van der Waals surface area contributed by atoms with Gasteiger partial charge in [-0.15, -0.1) is 0 Å². The quantitative estimate of drug-likeness (QED) is 0.125. The van der Waals surface area contributed by atoms with Crippen molar-refractivity contribution in [3.8, 4) is 28.3 Å². The number of ether oxygens (including phenoxy) is 1. The van der Waals surface area contributed by atoms with Crippen molar-refractivity contribution < 1.29 is 14.3 Å². The van der Waals surface area contributed by atoms with Crippen LogP contribution in [0, 0.1) is 33.3 Å². The van der Waals surface area contributed by atoms with Crippen molar-refractivity contribution >= 4 is 28.9 Å². The number of hydrogen-bond donors (Lipinski definition) is 1. The normalized spacial score (nSPS) is 18.4. The molecular formula is C43H46N4O3. The average Bonchev–Trinajstić information content (AvgIpc) is 3.84. The van der Waals surface area contributed by atoms with E-state index in [1.165, 1.54) is 17.5 Å². The zero-order valence-corrected chi connectivity index (χ0v) is 29.8. The average molecular weight is 667 g/mol. The maximum atomic E-state index is 9.97. The van der Waals surface area contributed by atoms with Crippen molar-refractivity contribution in [3.05, 3.63) is 111 Å². The van der Waals surface area contributed by atoms with Gasteiger partial charge in [0, 0.05) is 43.9 Å². The highest BCUT2D eigenvalue weighted by Gasteiger charge is 2.23. The number of aryl methyl sites for hydroxylation is 1. The Morgan fingerprint density at radius 3 is 2.34 bits per heavy atom. The summed E-state index contributed by atoms with van der Waals surface area (Å²) in [6.07, 6.45) is 6.16. The molecule has 2 aliphatic rings. The van der Waals surface area contributed by atoms with Crippen LogP contribution in [-0.2, 0) is 13.1 Å². The first-order chi connectivity index (χ1) is 24.2. The van der Waals surface area contributed by atoms with Crippen LogP contribution in [0.15, 0.2) is 65.1 Å². The van der Waals surface area contributed by atoms with Gasteiger partial charge in [0.05, 0.1) is 25.3 Å². The van der Waals surface area contributed by atoms with E-state index in [4.69, 9.17) is 20.7 Å². The summed E-state index contributed by atoms with van der Waals surface area (Å²) in [5, 5.41) is 9.97. The third-order valence-corrected chi connectivity index (χ3v) is 10.5. The highest BCUT2D eigenvalue weighted by molar-refractivity contribution is 5.90. The Kier molecular flexibility index (Phi) is 9.61. The number of benzene rings is 4. The first-order valence-corrected chi connectivity index (χ1v) is 17.7. The van der Waals surface area contributed by atoms with Crippen molar-refractivity contribution in [3.63, 3.8) is 0 Å². The molecule has 4 aromatic carbocycles. The molecule has 2 saturated heterocycles. The van der Waals surface area contributed by atoms with Crippen LogP contribution in [0.2, 0.25) is 0 Å². The zero-order valence-electron chi connectivity index (χ0n) is 29.8. The Labute approximate surface area is 295 Å². The molecule has 50 heavy (non-hydrogen) atoms. The van der Waals surface area contributed by atoms with E-state index in [1.807, 2.05) is 6.07 Å². The highest BCUT2D eigenvalue weighted by atomic mass is 16.5. The van der Waals surface area contributed by atoms with Crippen LogP contribution >= 0.6 is 0 Å². The standard InChI is InChI=1S/C43H46N4O3/c1-27-15-17-46(23-27)24-31-20-39(44-5)42-40(21-31)45-43(50-42)38-12-8-11-37(30(38)4)36-10-7-9-32(29(36)3)13-14-33-22-41(49-6)34(19-28(33)2)25-47-18-16-35(48)26-47/h7-14,19-22,27,35,48H,15-18,23-26H2,1-4,6H3/b14-13+/t27-,35-/m1/s1. The molecule has 2 aliphatic heterocycles. The summed E-state index contributed by atoms with van der Waals surface area (Å²) in [4.78, 5) is 13.5. The first-order valence-electron chi connectivity index (χ1n) is 17.7. The Morgan fingerprint density at radius 2 is 1.62 bits per heavy atom. The number of oxazole rings is 1. The van der Waals surface area contributed by atoms with E-state index in [0.29, 0.717) is 29.6 Å². The monoisotopic (exact) mass is 666 g/mol. The van der Waals surface area contributed by atoms with Crippen molar-refractivity contribution in [2.45, 2.75) is 59.7 Å². The van der Waals surface area contributed by atoms with Crippen molar-refractivity contribution in [2.24, 2.45) is 5.92 Å². The lowest BCUT2D eigenvalue weighted by Gasteiger charge is -2.18. The lowest BCUT2D eigenvalue weighted by molar-refractivity contribution is 0.174. The van der Waals surface area contributed by atoms with Gasteiger partial charge in [-0.2, -0.15) is 0 Å². The Hall–Kier alpha value is -4.74. The Bertz CT molecular complexity index is 2120. The van der Waals surface area contributed by atoms with E-state index in [0.717, 1.165) is 94.9 Å². The Balaban J connectivity index is 1.16. The molecule has 0 saturated carbocycles. The molecule has 256 valence electrons. The fraction of sp³-hybridized carbons (Fsp3) is 0.349. The number of methoxy groups -OCH3 is 1. The van der Waals surface area contributed by atoms with Gasteiger partial charge < -0.3 is 14.3 Å². The van der Waals surface area contributed by atoms with Gasteiger partial charge in [-0.05, 0) is 115 Å². The number of aliphatic hydroxyl groups is 1. The molecule has 2 fully saturated rings. The largest absolute Gasteiger partial charge is 0.496 e. The summed E-state index contributed by atoms with van der Waals surface area (Å²) in [5.74, 6) is 2.12. The zero-order chi connectivity index (χ0) is 34.9. The van der Waals surface area contributed by atoms with Crippen molar-refractivity contribution in [1.82, 2.24) is 14.8 Å². The molecule has 0 spiro atoms. The van der Waals surface area contributed by atoms with Crippen molar-refractivity contribution in [2.75, 3.05) is 33.3 Å². The van der Waals surface area contributed by atoms with Gasteiger partial charge in [0.2, 0.25) is 11.6 Å². The maximum absolute atomic E-state index is 9.97. The minimum Gasteiger partial charge on any atom is -0.496 e. The Morgan fingerprint density at radius 1 is 0.900 bits per heavy atom. The van der Waals surface area contributed by atoms with Crippen LogP contribution in [0.4, 0.5) is 5.69 Å². The second-order valence-electron chi connectivity index (χ2n) is 14.3. The van der Waals surface area contributed by atoms with E-state index < -0.39 is 0 Å². The van der Waals surface area contributed by atoms with Crippen LogP contribution in [-0.4, -0.2) is 59.3 Å². The SMILES string of the molecule is [C-]#[N+]c1cc(CN2CC[C@@H](C)C2)cc2nc(-c3cccc(-c4cccc(/C=C/c5cc(OC)c(CN6CC[C@@H](O)C6)cc5C)c4C)c3C)oc12. The molecule has 5 aromatic rings. The number of aliphatic hydroxyl groups excluding tert-OH is 1. The fourth-order valence-corrected chi connectivity index (χ4v) is 7.71. The summed E-state index contributed by atoms with van der Waals surface area (Å²) in [6.45, 7) is 22.0. The molecule has 7 nitrogen and oxygen atoms in total. The molecule has 2 atom stereocenters. The van der Waals surface area contributed by atoms with Gasteiger partial charge in [0.1, 0.15) is 5.75 Å². The molecule has 0 unspecified atom stereocenters. The summed E-state index contributed by atoms with van der Waals surface area (Å²) >= 11 is 0. The van der Waals surface area contributed by atoms with Gasteiger partial charge in [-0.25, -0.2) is 9.83 Å². The van der Waals surface area contributed by atoms with Crippen LogP contribution in [0.25, 0.3) is 50.7 Å². The van der Waals surface area contributed by atoms with Gasteiger partial charge in [-0.3, -0.25) is 9.80 Å². The second kappa shape index (κ2) is 14.2. The summed E-state index contributed by atoms with van der Waals surface area (Å²) in [6, 6.07) is 21.1. The molecule has 0 amide bonds. The number of β-amino-alcohol motifs (C(OH)–C–C–N with tert-alkyl or cyclic N) is 1. The molecule has 0 radical (unpaired) electrons. The van der Waals surface area contributed by atoms with Crippen LogP contribution in [0.5, 0.6) is 5.75 Å². The molecule has 1 aromatic heterocycles. The van der Waals surface area contributed by atoms with Gasteiger partial charge >= 0.3 is 0 Å². The van der Waals surface area contributed by atoms with E-state index in [9.17, 15) is 5.11 Å². The van der Waals surface area contributed by atoms with E-state index in [2.05, 4.69) is 109 Å². The van der Waals surface area contributed by atoms with Gasteiger partial charge in [-0.1, -0.05) is 55.5 Å². The predicted molar refractivity (Wildman–Crippen MR) is 202 cm³/mol. The molecule has 0 aliphatic carbocycles. The summed E-state index contributed by atoms with van der Waals surface area (Å²) in [7, 11) is 1.72. The third kappa shape index (κ3) is 6.84. The van der Waals surface area contributed by atoms with Gasteiger partial charge in [0.15, 0.2) is 5.58 Å². The molecule has 0 bridgehead atoms. The third-order valence-electron chi connectivity index (χ3n) is 10.5. The fourth-order valence-electron chi connectivity index (χ4n) is 7.71. The number of nitrogens with zero attached hydrogens (tertiary/aromatic N) is 4. The number of rotatable bonds is 9. The van der Waals surface area contributed by atoms with Crippen molar-refractivity contribution in [1.29, 1.82) is 0 Å². The van der Waals surface area contributed by atoms with Crippen LogP contribution in [0.1, 0.15) is 58.7 Å².